The average Bonchev–Trinajstić information content (AvgIpc) is 2.25. The number of hydrogen-bond acceptors (Lipinski definition) is 4. The molecule has 0 aliphatic heterocycles. The van der Waals surface area contributed by atoms with Gasteiger partial charge in [-0.3, -0.25) is 0 Å². The Labute approximate surface area is 137 Å². The molecule has 0 N–H and O–H groups in total. The fourth-order valence-electron chi connectivity index (χ4n) is 0.600. The molecule has 0 aromatic heterocycles. The molecule has 0 aliphatic rings. The zero-order valence-electron chi connectivity index (χ0n) is 8.75. The Morgan fingerprint density at radius 3 is 1.32 bits per heavy atom. The third-order valence-electron chi connectivity index (χ3n) is 1.66. The van der Waals surface area contributed by atoms with Crippen molar-refractivity contribution in [3.63, 3.8) is 0 Å². The number of alkyl halides is 9. The molecule has 0 unspecified atom stereocenters. The van der Waals surface area contributed by atoms with Crippen LogP contribution in [0.25, 0.3) is 0 Å². The van der Waals surface area contributed by atoms with E-state index in [4.69, 9.17) is 0 Å². The van der Waals surface area contributed by atoms with Crippen molar-refractivity contribution in [2.75, 3.05) is 0 Å². The maximum absolute atomic E-state index is 12.7. The topological polar surface area (TPSA) is 71.5 Å². The summed E-state index contributed by atoms with van der Waals surface area (Å²) in [5.74, 6) is -6.86. The van der Waals surface area contributed by atoms with Gasteiger partial charge in [-0.05, 0) is 0 Å². The van der Waals surface area contributed by atoms with Crippen LogP contribution in [-0.2, 0) is 20.0 Å². The van der Waals surface area contributed by atoms with Crippen LogP contribution in [0, 0.1) is 0 Å². The van der Waals surface area contributed by atoms with Crippen molar-refractivity contribution < 1.29 is 60.8 Å². The minimum absolute atomic E-state index is 0. The second-order valence-electron chi connectivity index (χ2n) is 3.05. The van der Waals surface area contributed by atoms with Gasteiger partial charge in [0.2, 0.25) is 0 Å². The monoisotopic (exact) mass is 405 g/mol. The third-order valence-corrected chi connectivity index (χ3v) is 5.10. The molecule has 5 nitrogen and oxygen atoms in total. The summed E-state index contributed by atoms with van der Waals surface area (Å²) in [6.07, 6.45) is -5.45. The summed E-state index contributed by atoms with van der Waals surface area (Å²) in [4.78, 5) is 0. The molecule has 0 saturated heterocycles. The van der Waals surface area contributed by atoms with Gasteiger partial charge in [0.15, 0.2) is 0 Å². The Bertz CT molecular complexity index is 597. The molecular formula is C4H2F10NNaO4S2. The predicted molar refractivity (Wildman–Crippen MR) is 49.9 cm³/mol. The van der Waals surface area contributed by atoms with Gasteiger partial charge >= 0.3 is 72.7 Å². The average molecular weight is 405 g/mol. The summed E-state index contributed by atoms with van der Waals surface area (Å²) in [5.41, 5.74) is -6.81. The first-order valence-corrected chi connectivity index (χ1v) is 6.79. The second kappa shape index (κ2) is 6.58. The third kappa shape index (κ3) is 3.63. The molecule has 0 amide bonds. The van der Waals surface area contributed by atoms with Crippen LogP contribution in [0.3, 0.4) is 0 Å². The van der Waals surface area contributed by atoms with Crippen LogP contribution >= 0.6 is 0 Å². The molecule has 130 valence electrons. The number of halogens is 10. The molecule has 0 aromatic carbocycles. The Morgan fingerprint density at radius 1 is 0.773 bits per heavy atom. The SMILES string of the molecule is O=S(=O)(N(F)S(=O)(=O)C(F)(F)C(F)(F)C(F)F)C(F)(F)F.[NaH]. The van der Waals surface area contributed by atoms with Crippen molar-refractivity contribution in [1.29, 1.82) is 0 Å². The van der Waals surface area contributed by atoms with Crippen molar-refractivity contribution in [3.8, 4) is 0 Å². The summed E-state index contributed by atoms with van der Waals surface area (Å²) in [6, 6.07) is 0. The molecule has 18 heteroatoms. The molecule has 0 aromatic rings. The Kier molecular flexibility index (Phi) is 7.30. The van der Waals surface area contributed by atoms with E-state index in [1.54, 1.807) is 0 Å². The van der Waals surface area contributed by atoms with E-state index >= 15 is 0 Å². The van der Waals surface area contributed by atoms with E-state index in [0.717, 1.165) is 0 Å². The summed E-state index contributed by atoms with van der Waals surface area (Å²) in [6.45, 7) is 0. The van der Waals surface area contributed by atoms with Crippen molar-refractivity contribution in [1.82, 2.24) is 3.93 Å². The van der Waals surface area contributed by atoms with Gasteiger partial charge in [0.25, 0.3) is 0 Å². The fraction of sp³-hybridized carbons (Fsp3) is 1.00. The summed E-state index contributed by atoms with van der Waals surface area (Å²) < 4.78 is 159. The van der Waals surface area contributed by atoms with E-state index in [1.165, 1.54) is 0 Å². The molecule has 0 atom stereocenters. The van der Waals surface area contributed by atoms with Gasteiger partial charge in [0, 0.05) is 0 Å². The van der Waals surface area contributed by atoms with Crippen LogP contribution in [0.15, 0.2) is 0 Å². The van der Waals surface area contributed by atoms with E-state index in [1.807, 2.05) is 0 Å². The van der Waals surface area contributed by atoms with E-state index in [9.17, 15) is 60.8 Å². The van der Waals surface area contributed by atoms with E-state index in [-0.39, 0.29) is 29.6 Å². The molecule has 22 heavy (non-hydrogen) atoms. The molecule has 0 heterocycles. The summed E-state index contributed by atoms with van der Waals surface area (Å²) >= 11 is 0. The first-order chi connectivity index (χ1) is 8.85. The Morgan fingerprint density at radius 2 is 1.09 bits per heavy atom. The van der Waals surface area contributed by atoms with Gasteiger partial charge in [-0.15, -0.1) is 4.48 Å². The van der Waals surface area contributed by atoms with Crippen molar-refractivity contribution in [3.05, 3.63) is 0 Å². The molecule has 0 rings (SSSR count). The number of nitrogens with zero attached hydrogens (tertiary/aromatic N) is 1. The van der Waals surface area contributed by atoms with Crippen molar-refractivity contribution in [2.45, 2.75) is 23.1 Å². The van der Waals surface area contributed by atoms with Gasteiger partial charge < -0.3 is 0 Å². The van der Waals surface area contributed by atoms with Crippen LogP contribution < -0.4 is 0 Å². The Balaban J connectivity index is 0. The number of hydrogen-bond donors (Lipinski definition) is 0. The van der Waals surface area contributed by atoms with E-state index in [0.29, 0.717) is 0 Å². The van der Waals surface area contributed by atoms with Crippen molar-refractivity contribution >= 4 is 49.6 Å². The van der Waals surface area contributed by atoms with Crippen LogP contribution in [-0.4, -0.2) is 73.4 Å². The predicted octanol–water partition coefficient (Wildman–Crippen LogP) is 1.20. The minimum atomic E-state index is -7.99. The summed E-state index contributed by atoms with van der Waals surface area (Å²) in [7, 11) is -15.7. The normalized spacial score (nSPS) is 15.1. The molecular weight excluding hydrogens is 403 g/mol. The number of sulfonamides is 2. The molecule has 0 bridgehead atoms. The first kappa shape index (κ1) is 24.4. The van der Waals surface area contributed by atoms with Gasteiger partial charge in [-0.2, -0.15) is 39.2 Å². The van der Waals surface area contributed by atoms with Crippen LogP contribution in [0.2, 0.25) is 0 Å². The van der Waals surface area contributed by atoms with E-state index < -0.39 is 47.1 Å². The zero-order valence-corrected chi connectivity index (χ0v) is 10.4. The second-order valence-corrected chi connectivity index (χ2v) is 6.80. The van der Waals surface area contributed by atoms with Crippen LogP contribution in [0.4, 0.5) is 44.0 Å². The van der Waals surface area contributed by atoms with Crippen LogP contribution in [0.5, 0.6) is 0 Å². The molecule has 0 fully saturated rings. The standard InChI is InChI=1S/C4HF10NO4S2.Na.H/c5-1(6)2(7,8)3(9,10)20(16,17)15(14)21(18,19)4(11,12)13;;/h1H;;. The molecule has 0 radical (unpaired) electrons. The molecule has 0 spiro atoms. The van der Waals surface area contributed by atoms with Gasteiger partial charge in [-0.25, -0.2) is 17.2 Å². The first-order valence-electron chi connectivity index (χ1n) is 3.91. The van der Waals surface area contributed by atoms with Gasteiger partial charge in [0.1, 0.15) is 0 Å². The Hall–Kier alpha value is 0.160. The molecule has 0 aliphatic carbocycles. The maximum atomic E-state index is 12.7. The number of rotatable bonds is 5. The van der Waals surface area contributed by atoms with Crippen LogP contribution in [0.1, 0.15) is 0 Å². The van der Waals surface area contributed by atoms with Gasteiger partial charge in [0.05, 0.1) is 3.93 Å². The van der Waals surface area contributed by atoms with E-state index in [2.05, 4.69) is 0 Å². The van der Waals surface area contributed by atoms with Crippen molar-refractivity contribution in [2.24, 2.45) is 0 Å². The zero-order chi connectivity index (χ0) is 17.7. The quantitative estimate of drug-likeness (QED) is 0.392. The van der Waals surface area contributed by atoms with Gasteiger partial charge in [-0.1, -0.05) is 0 Å². The molecule has 0 saturated carbocycles. The fourth-order valence-corrected chi connectivity index (χ4v) is 2.94. The summed E-state index contributed by atoms with van der Waals surface area (Å²) in [5, 5.41) is -7.18.